The smallest absolute Gasteiger partial charge is 0.337 e. The van der Waals surface area contributed by atoms with Crippen LogP contribution in [0.1, 0.15) is 125 Å². The molecule has 0 saturated carbocycles. The molecule has 2 atom stereocenters. The summed E-state index contributed by atoms with van der Waals surface area (Å²) in [7, 11) is -10.5. The number of anilines is 1. The number of carboxylic acids is 2. The van der Waals surface area contributed by atoms with Gasteiger partial charge in [0.05, 0.1) is 43.0 Å². The molecule has 61 heavy (non-hydrogen) atoms. The number of nitrogens with one attached hydrogen (secondary N) is 2. The molecule has 0 fully saturated rings. The number of thioether (sulfide) groups is 1. The van der Waals surface area contributed by atoms with Crippen LogP contribution in [0.3, 0.4) is 0 Å². The third-order valence-electron chi connectivity index (χ3n) is 10.8. The normalized spacial score (nSPS) is 18.6. The van der Waals surface area contributed by atoms with Crippen molar-refractivity contribution in [2.75, 3.05) is 17.6 Å². The molecule has 3 aromatic rings. The number of ether oxygens (including phenoxy) is 1. The number of fused-ring (bicyclic) bond motifs is 4. The first-order chi connectivity index (χ1) is 28.1. The predicted octanol–water partition coefficient (Wildman–Crippen LogP) is 7.65. The molecule has 6 N–H and O–H groups in total. The third-order valence-corrected chi connectivity index (χ3v) is 15.2. The van der Waals surface area contributed by atoms with Crippen LogP contribution in [-0.2, 0) is 29.8 Å². The van der Waals surface area contributed by atoms with Gasteiger partial charge in [-0.2, -0.15) is 16.8 Å². The van der Waals surface area contributed by atoms with E-state index >= 15 is 0 Å². The van der Waals surface area contributed by atoms with E-state index in [2.05, 4.69) is 15.6 Å². The lowest BCUT2D eigenvalue weighted by molar-refractivity contribution is -0.137. The molecule has 21 heteroatoms. The summed E-state index contributed by atoms with van der Waals surface area (Å²) in [6.45, 7) is 11.1. The topological polar surface area (TPSA) is 246 Å². The Morgan fingerprint density at radius 3 is 2.13 bits per heavy atom. The minimum Gasteiger partial charge on any atom is -0.481 e. The van der Waals surface area contributed by atoms with Gasteiger partial charge in [0.25, 0.3) is 20.2 Å². The molecule has 1 amide bonds. The van der Waals surface area contributed by atoms with E-state index in [1.54, 1.807) is 19.9 Å². The van der Waals surface area contributed by atoms with E-state index < -0.39 is 87.0 Å². The summed E-state index contributed by atoms with van der Waals surface area (Å²) in [6.07, 6.45) is 2.39. The molecule has 3 aromatic carbocycles. The fourth-order valence-electron chi connectivity index (χ4n) is 8.56. The van der Waals surface area contributed by atoms with Crippen molar-refractivity contribution in [2.45, 2.75) is 118 Å². The number of carbonyl (C=O) groups excluding carboxylic acids is 1. The highest BCUT2D eigenvalue weighted by Crippen LogP contribution is 2.54. The number of amides is 1. The molecular formula is C40H44Cl3N3O12S3. The lowest BCUT2D eigenvalue weighted by Crippen LogP contribution is -2.39. The number of unbranched alkanes of at least 4 members (excludes halogenated alkanes) is 2. The van der Waals surface area contributed by atoms with E-state index in [-0.39, 0.29) is 72.5 Å². The van der Waals surface area contributed by atoms with Crippen LogP contribution in [-0.4, -0.2) is 77.4 Å². The number of aromatic carboxylic acids is 1. The fourth-order valence-corrected chi connectivity index (χ4v) is 12.2. The van der Waals surface area contributed by atoms with Gasteiger partial charge in [-0.15, -0.1) is 11.8 Å². The maximum atomic E-state index is 13.6. The molecular weight excluding hydrogens is 917 g/mol. The van der Waals surface area contributed by atoms with Crippen molar-refractivity contribution in [1.29, 1.82) is 0 Å². The first kappa shape index (κ1) is 46.9. The van der Waals surface area contributed by atoms with E-state index in [1.807, 2.05) is 27.7 Å². The second-order valence-corrected chi connectivity index (χ2v) is 21.6. The lowest BCUT2D eigenvalue weighted by Gasteiger charge is -2.40. The maximum absolute atomic E-state index is 13.6. The Morgan fingerprint density at radius 2 is 1.52 bits per heavy atom. The maximum Gasteiger partial charge on any atom is 0.337 e. The van der Waals surface area contributed by atoms with Crippen molar-refractivity contribution >= 4 is 95.9 Å². The van der Waals surface area contributed by atoms with Crippen LogP contribution < -0.4 is 25.9 Å². The van der Waals surface area contributed by atoms with Gasteiger partial charge in [0.1, 0.15) is 0 Å². The quantitative estimate of drug-likeness (QED) is 0.0326. The predicted molar refractivity (Wildman–Crippen MR) is 231 cm³/mol. The third kappa shape index (κ3) is 9.23. The molecule has 2 unspecified atom stereocenters. The highest BCUT2D eigenvalue weighted by Gasteiger charge is 2.43. The second-order valence-electron chi connectivity index (χ2n) is 16.8. The van der Waals surface area contributed by atoms with E-state index in [4.69, 9.17) is 44.6 Å². The van der Waals surface area contributed by atoms with Crippen LogP contribution >= 0.6 is 46.6 Å². The Bertz CT molecular complexity index is 2780. The first-order valence-corrected chi connectivity index (χ1v) is 24.1. The molecule has 3 aliphatic heterocycles. The summed E-state index contributed by atoms with van der Waals surface area (Å²) in [5.74, 6) is -5.32. The molecule has 3 heterocycles. The molecule has 0 bridgehead atoms. The monoisotopic (exact) mass is 959 g/mol. The minimum absolute atomic E-state index is 0.00383. The molecule has 0 aliphatic carbocycles. The number of halogens is 3. The van der Waals surface area contributed by atoms with Crippen molar-refractivity contribution < 1.29 is 55.3 Å². The molecule has 330 valence electrons. The number of rotatable bonds is 13. The zero-order chi connectivity index (χ0) is 45.3. The molecule has 0 spiro atoms. The molecule has 6 rings (SSSR count). The molecule has 0 aromatic heterocycles. The number of aliphatic carboxylic acids is 1. The van der Waals surface area contributed by atoms with Crippen LogP contribution in [0.4, 0.5) is 5.69 Å². The van der Waals surface area contributed by atoms with E-state index in [1.165, 1.54) is 6.07 Å². The summed E-state index contributed by atoms with van der Waals surface area (Å²) in [5, 5.41) is 24.1. The fraction of sp³-hybridized carbons (Fsp3) is 0.450. The molecule has 0 saturated heterocycles. The largest absolute Gasteiger partial charge is 0.481 e. The summed E-state index contributed by atoms with van der Waals surface area (Å²) < 4.78 is 82.7. The summed E-state index contributed by atoms with van der Waals surface area (Å²) >= 11 is 21.5. The van der Waals surface area contributed by atoms with E-state index in [9.17, 15) is 45.4 Å². The minimum atomic E-state index is -5.29. The van der Waals surface area contributed by atoms with Gasteiger partial charge in [0, 0.05) is 45.3 Å². The van der Waals surface area contributed by atoms with Gasteiger partial charge >= 0.3 is 11.9 Å². The lowest BCUT2D eigenvalue weighted by atomic mass is 9.79. The zero-order valence-corrected chi connectivity index (χ0v) is 38.5. The average Bonchev–Trinajstić information content (AvgIpc) is 3.10. The highest BCUT2D eigenvalue weighted by atomic mass is 35.5. The number of hydrogen-bond donors (Lipinski definition) is 6. The summed E-state index contributed by atoms with van der Waals surface area (Å²) in [5.41, 5.74) is -2.20. The molecule has 3 aliphatic rings. The first-order valence-electron chi connectivity index (χ1n) is 19.1. The standard InChI is InChI=1S/C40H44Cl3N3O12S3/c1-17-14-39(3,4)45-31-19(17)12-21-25(26-27(38(50)51)28(41)30(43)35(29(26)42)59-16-23(47)44-11-9-7-8-10-24(48)49)22-13-20-18(2)15-40(5,6)46-32(20)37(61(55,56)57)34(22)58-33(21)36(31)60(52,53)54/h12-13,17-18,45H,7-11,14-16H2,1-6H3,(H,44,47)(H,48,49)(H,50,51)(H,52,53,54)(H,55,56,57). The Hall–Kier alpha value is -3.62. The van der Waals surface area contributed by atoms with Gasteiger partial charge in [-0.1, -0.05) is 55.1 Å². The number of benzene rings is 3. The zero-order valence-electron chi connectivity index (χ0n) is 33.8. The van der Waals surface area contributed by atoms with Crippen LogP contribution in [0.25, 0.3) is 5.57 Å². The van der Waals surface area contributed by atoms with Crippen molar-refractivity contribution in [3.63, 3.8) is 0 Å². The van der Waals surface area contributed by atoms with Gasteiger partial charge in [-0.25, -0.2) is 4.79 Å². The number of carboxylic acid groups (broad SMARTS) is 2. The molecule has 15 nitrogen and oxygen atoms in total. The van der Waals surface area contributed by atoms with Gasteiger partial charge in [-0.05, 0) is 88.5 Å². The Morgan fingerprint density at radius 1 is 0.885 bits per heavy atom. The summed E-state index contributed by atoms with van der Waals surface area (Å²) in [6, 6.07) is 3.08. The number of hydrogen-bond acceptors (Lipinski definition) is 11. The van der Waals surface area contributed by atoms with Crippen LogP contribution in [0.15, 0.2) is 31.8 Å². The van der Waals surface area contributed by atoms with Crippen LogP contribution in [0.2, 0.25) is 15.1 Å². The van der Waals surface area contributed by atoms with Gasteiger partial charge in [0.2, 0.25) is 5.91 Å². The molecule has 0 radical (unpaired) electrons. The number of carbonyl (C=O) groups is 3. The Kier molecular flexibility index (Phi) is 12.9. The van der Waals surface area contributed by atoms with Gasteiger partial charge in [-0.3, -0.25) is 23.7 Å². The van der Waals surface area contributed by atoms with Crippen LogP contribution in [0.5, 0.6) is 11.5 Å². The van der Waals surface area contributed by atoms with Crippen molar-refractivity contribution in [2.24, 2.45) is 4.99 Å². The van der Waals surface area contributed by atoms with E-state index in [0.29, 0.717) is 43.2 Å². The SMILES string of the molecule is CC1CC(C)(C)Nc2c1cc1c(c2S(=O)(=O)O)Oc2c(S(=O)(=O)O)c3c(cc2=C1c1c(Cl)c(SCC(=O)NCCCCCC(=O)O)c(Cl)c(Cl)c1C(=O)O)C(C)CC(C)(C)N=3. The Balaban J connectivity index is 1.73. The van der Waals surface area contributed by atoms with Gasteiger partial charge in [0.15, 0.2) is 21.3 Å². The van der Waals surface area contributed by atoms with Gasteiger partial charge < -0.3 is 25.6 Å². The second kappa shape index (κ2) is 16.8. The van der Waals surface area contributed by atoms with Crippen molar-refractivity contribution in [3.05, 3.63) is 65.6 Å². The average molecular weight is 961 g/mol. The highest BCUT2D eigenvalue weighted by molar-refractivity contribution is 8.00. The van der Waals surface area contributed by atoms with E-state index in [0.717, 1.165) is 11.8 Å². The Labute approximate surface area is 371 Å². The number of nitrogens with zero attached hydrogens (tertiary/aromatic N) is 1. The van der Waals surface area contributed by atoms with Crippen molar-refractivity contribution in [1.82, 2.24) is 5.32 Å². The summed E-state index contributed by atoms with van der Waals surface area (Å²) in [4.78, 5) is 40.2. The van der Waals surface area contributed by atoms with Crippen LogP contribution in [0, 0.1) is 0 Å². The van der Waals surface area contributed by atoms with Crippen molar-refractivity contribution in [3.8, 4) is 11.5 Å².